The molecule has 2 bridgehead atoms. The van der Waals surface area contributed by atoms with Crippen LogP contribution in [0.2, 0.25) is 0 Å². The molecule has 1 N–H and O–H groups in total. The predicted molar refractivity (Wildman–Crippen MR) is 140 cm³/mol. The van der Waals surface area contributed by atoms with Gasteiger partial charge in [0.15, 0.2) is 0 Å². The molecule has 2 amide bonds. The third-order valence-corrected chi connectivity index (χ3v) is 6.51. The van der Waals surface area contributed by atoms with Crippen LogP contribution < -0.4 is 5.32 Å². The van der Waals surface area contributed by atoms with E-state index in [0.29, 0.717) is 6.42 Å². The molecule has 200 valence electrons. The maximum absolute atomic E-state index is 13.6. The molecule has 37 heavy (non-hydrogen) atoms. The number of rotatable bonds is 1. The van der Waals surface area contributed by atoms with Gasteiger partial charge < -0.3 is 24.4 Å². The van der Waals surface area contributed by atoms with E-state index >= 15 is 0 Å². The summed E-state index contributed by atoms with van der Waals surface area (Å²) in [6.07, 6.45) is 6.99. The first-order valence-electron chi connectivity index (χ1n) is 12.9. The van der Waals surface area contributed by atoms with Gasteiger partial charge in [-0.05, 0) is 42.7 Å². The van der Waals surface area contributed by atoms with E-state index in [1.165, 1.54) is 12.0 Å². The summed E-state index contributed by atoms with van der Waals surface area (Å²) >= 11 is 0. The Morgan fingerprint density at radius 2 is 1.95 bits per heavy atom. The number of allylic oxidation sites excluding steroid dienone is 1. The van der Waals surface area contributed by atoms with Crippen molar-refractivity contribution in [2.24, 2.45) is 5.41 Å². The second-order valence-corrected chi connectivity index (χ2v) is 10.4. The molecule has 3 atom stereocenters. The van der Waals surface area contributed by atoms with Crippen molar-refractivity contribution in [3.63, 3.8) is 0 Å². The van der Waals surface area contributed by atoms with Gasteiger partial charge in [-0.1, -0.05) is 63.0 Å². The van der Waals surface area contributed by atoms with Crippen LogP contribution in [0.4, 0.5) is 4.79 Å². The van der Waals surface area contributed by atoms with Gasteiger partial charge in [-0.25, -0.2) is 9.59 Å². The summed E-state index contributed by atoms with van der Waals surface area (Å²) in [5, 5.41) is 2.73. The number of cyclic esters (lactones) is 1. The van der Waals surface area contributed by atoms with Gasteiger partial charge in [0.25, 0.3) is 0 Å². The molecule has 0 unspecified atom stereocenters. The molecule has 1 aromatic carbocycles. The van der Waals surface area contributed by atoms with Crippen LogP contribution in [0.3, 0.4) is 0 Å². The van der Waals surface area contributed by atoms with Crippen molar-refractivity contribution in [2.45, 2.75) is 71.1 Å². The van der Waals surface area contributed by atoms with Crippen LogP contribution in [0.15, 0.2) is 30.3 Å². The fourth-order valence-electron chi connectivity index (χ4n) is 4.46. The van der Waals surface area contributed by atoms with Crippen LogP contribution in [0.25, 0.3) is 6.08 Å². The van der Waals surface area contributed by atoms with Gasteiger partial charge in [-0.3, -0.25) is 4.79 Å². The molecular weight excluding hydrogens is 472 g/mol. The number of nitrogens with one attached hydrogen (secondary N) is 1. The highest BCUT2D eigenvalue weighted by Crippen LogP contribution is 2.27. The van der Waals surface area contributed by atoms with Gasteiger partial charge in [0.05, 0.1) is 19.8 Å². The molecule has 2 aliphatic heterocycles. The highest BCUT2D eigenvalue weighted by Gasteiger charge is 2.45. The smallest absolute Gasteiger partial charge is 0.407 e. The molecular formula is C29H38N2O6. The Balaban J connectivity index is 1.84. The fourth-order valence-corrected chi connectivity index (χ4v) is 4.46. The summed E-state index contributed by atoms with van der Waals surface area (Å²) in [4.78, 5) is 40.2. The molecule has 0 saturated carbocycles. The minimum Gasteiger partial charge on any atom is -0.467 e. The average Bonchev–Trinajstić information content (AvgIpc) is 3.29. The molecule has 0 spiro atoms. The van der Waals surface area contributed by atoms with Crippen molar-refractivity contribution in [1.29, 1.82) is 0 Å². The lowest BCUT2D eigenvalue weighted by atomic mass is 9.85. The van der Waals surface area contributed by atoms with Crippen LogP contribution in [0.1, 0.15) is 64.0 Å². The Hall–Kier alpha value is -3.31. The molecule has 1 aromatic rings. The van der Waals surface area contributed by atoms with E-state index in [2.05, 4.69) is 29.3 Å². The summed E-state index contributed by atoms with van der Waals surface area (Å²) in [7, 11) is 1.29. The van der Waals surface area contributed by atoms with Gasteiger partial charge in [0, 0.05) is 18.5 Å². The Kier molecular flexibility index (Phi) is 10.2. The molecule has 1 fully saturated rings. The molecule has 2 heterocycles. The number of methoxy groups -OCH3 is 1. The van der Waals surface area contributed by atoms with Gasteiger partial charge >= 0.3 is 12.1 Å². The van der Waals surface area contributed by atoms with E-state index < -0.39 is 29.6 Å². The van der Waals surface area contributed by atoms with Crippen LogP contribution in [-0.2, 0) is 23.8 Å². The number of nitrogens with zero attached hydrogens (tertiary/aromatic N) is 1. The standard InChI is InChI=1S/C29H38N2O6/c1-29(2,3)25-26(32)31-20-23(19-24(31)27(33)35-4)36-18-12-16-22-15-10-9-14-21(22)13-8-6-5-7-11-17-37-28(34)30-25/h8-10,13-15,23-25H,5-7,11,17-20H2,1-4H3,(H,30,34)/b13-8+/t23-,24+,25-/m1/s1. The van der Waals surface area contributed by atoms with Crippen LogP contribution >= 0.6 is 0 Å². The monoisotopic (exact) mass is 510 g/mol. The minimum absolute atomic E-state index is 0.159. The van der Waals surface area contributed by atoms with E-state index in [0.717, 1.165) is 36.8 Å². The number of carbonyl (C=O) groups excluding carboxylic acids is 3. The minimum atomic E-state index is -0.888. The van der Waals surface area contributed by atoms with Crippen molar-refractivity contribution in [1.82, 2.24) is 10.2 Å². The maximum Gasteiger partial charge on any atom is 0.407 e. The first kappa shape index (κ1) is 28.3. The van der Waals surface area contributed by atoms with Crippen LogP contribution in [0, 0.1) is 17.3 Å². The fraction of sp³-hybridized carbons (Fsp3) is 0.552. The highest BCUT2D eigenvalue weighted by molar-refractivity contribution is 5.91. The van der Waals surface area contributed by atoms with Gasteiger partial charge in [0.2, 0.25) is 5.91 Å². The lowest BCUT2D eigenvalue weighted by Gasteiger charge is -2.34. The molecule has 3 rings (SSSR count). The van der Waals surface area contributed by atoms with Gasteiger partial charge in [-0.15, -0.1) is 0 Å². The van der Waals surface area contributed by atoms with Crippen molar-refractivity contribution in [2.75, 3.05) is 26.9 Å². The third kappa shape index (κ3) is 8.09. The molecule has 0 radical (unpaired) electrons. The van der Waals surface area contributed by atoms with Gasteiger partial charge in [-0.2, -0.15) is 0 Å². The first-order chi connectivity index (χ1) is 17.7. The largest absolute Gasteiger partial charge is 0.467 e. The molecule has 2 aliphatic rings. The summed E-state index contributed by atoms with van der Waals surface area (Å²) in [5.74, 6) is 5.35. The normalized spacial score (nSPS) is 24.9. The summed E-state index contributed by atoms with van der Waals surface area (Å²) in [6.45, 7) is 6.19. The maximum atomic E-state index is 13.6. The highest BCUT2D eigenvalue weighted by atomic mass is 16.5. The first-order valence-corrected chi connectivity index (χ1v) is 12.9. The number of benzene rings is 1. The second-order valence-electron chi connectivity index (χ2n) is 10.4. The molecule has 0 aromatic heterocycles. The van der Waals surface area contributed by atoms with Crippen molar-refractivity contribution in [3.05, 3.63) is 41.5 Å². The topological polar surface area (TPSA) is 94.2 Å². The lowest BCUT2D eigenvalue weighted by Crippen LogP contribution is -2.57. The number of alkyl carbamates (subject to hydrolysis) is 1. The number of hydrogen-bond donors (Lipinski definition) is 1. The molecule has 0 aliphatic carbocycles. The predicted octanol–water partition coefficient (Wildman–Crippen LogP) is 3.93. The van der Waals surface area contributed by atoms with Crippen molar-refractivity contribution < 1.29 is 28.6 Å². The quantitative estimate of drug-likeness (QED) is 0.455. The second kappa shape index (κ2) is 13.3. The Morgan fingerprint density at radius 3 is 2.70 bits per heavy atom. The van der Waals surface area contributed by atoms with Crippen LogP contribution in [-0.4, -0.2) is 67.9 Å². The zero-order chi connectivity index (χ0) is 26.8. The number of amides is 2. The number of ether oxygens (including phenoxy) is 3. The lowest BCUT2D eigenvalue weighted by molar-refractivity contribution is -0.152. The van der Waals surface area contributed by atoms with Crippen molar-refractivity contribution in [3.8, 4) is 11.8 Å². The Bertz CT molecular complexity index is 1050. The molecule has 8 heteroatoms. The Morgan fingerprint density at radius 1 is 1.16 bits per heavy atom. The zero-order valence-corrected chi connectivity index (χ0v) is 22.2. The molecule has 1 saturated heterocycles. The van der Waals surface area contributed by atoms with E-state index in [1.54, 1.807) is 0 Å². The van der Waals surface area contributed by atoms with Gasteiger partial charge in [0.1, 0.15) is 18.7 Å². The summed E-state index contributed by atoms with van der Waals surface area (Å²) in [6, 6.07) is 6.23. The number of carbonyl (C=O) groups is 3. The zero-order valence-electron chi connectivity index (χ0n) is 22.2. The number of esters is 1. The SMILES string of the molecule is COC(=O)[C@@H]1C[C@@H]2CN1C(=O)[C@H](C(C)(C)C)NC(=O)OCCCCC/C=C/c1ccccc1C#CCO2. The Labute approximate surface area is 219 Å². The van der Waals surface area contributed by atoms with E-state index in [4.69, 9.17) is 14.2 Å². The summed E-state index contributed by atoms with van der Waals surface area (Å²) in [5.41, 5.74) is 1.34. The summed E-state index contributed by atoms with van der Waals surface area (Å²) < 4.78 is 16.3. The number of fused-ring (bicyclic) bond motifs is 3. The van der Waals surface area contributed by atoms with E-state index in [1.807, 2.05) is 45.0 Å². The average molecular weight is 511 g/mol. The van der Waals surface area contributed by atoms with E-state index in [9.17, 15) is 14.4 Å². The third-order valence-electron chi connectivity index (χ3n) is 6.51. The van der Waals surface area contributed by atoms with Crippen LogP contribution in [0.5, 0.6) is 0 Å². The molecule has 8 nitrogen and oxygen atoms in total. The van der Waals surface area contributed by atoms with Crippen molar-refractivity contribution >= 4 is 24.0 Å². The van der Waals surface area contributed by atoms with E-state index in [-0.39, 0.29) is 31.8 Å². The number of hydrogen-bond acceptors (Lipinski definition) is 6.